The molecule has 1 heteroatoms. The number of pyridine rings is 1. The van der Waals surface area contributed by atoms with Crippen LogP contribution in [0.15, 0.2) is 30.5 Å². The zero-order valence-corrected chi connectivity index (χ0v) is 11.0. The highest BCUT2D eigenvalue weighted by atomic mass is 14.9. The highest BCUT2D eigenvalue weighted by molar-refractivity contribution is 5.63. The Kier molecular flexibility index (Phi) is 1.94. The van der Waals surface area contributed by atoms with E-state index in [-0.39, 0.29) is 6.42 Å². The summed E-state index contributed by atoms with van der Waals surface area (Å²) in [4.78, 5) is 0. The number of aromatic nitrogens is 1. The zero-order valence-electron chi connectivity index (χ0n) is 17.0. The molecule has 0 bridgehead atoms. The van der Waals surface area contributed by atoms with E-state index in [1.807, 2.05) is 33.0 Å². The van der Waals surface area contributed by atoms with Crippen molar-refractivity contribution in [1.29, 1.82) is 0 Å². The average molecular weight is 246 g/mol. The third kappa shape index (κ3) is 2.31. The predicted octanol–water partition coefficient (Wildman–Crippen LogP) is 3.67. The highest BCUT2D eigenvalue weighted by Gasteiger charge is 2.13. The minimum absolute atomic E-state index is 0.0457. The topological polar surface area (TPSA) is 3.88 Å². The van der Waals surface area contributed by atoms with Gasteiger partial charge in [-0.15, -0.1) is 0 Å². The summed E-state index contributed by atoms with van der Waals surface area (Å²) in [5.41, 5.74) is 4.87. The van der Waals surface area contributed by atoms with Crippen LogP contribution in [0.3, 0.4) is 0 Å². The van der Waals surface area contributed by atoms with Gasteiger partial charge in [-0.05, 0) is 55.9 Å². The molecular formula is C17H22N+. The second-order valence-corrected chi connectivity index (χ2v) is 4.68. The van der Waals surface area contributed by atoms with Gasteiger partial charge in [-0.25, -0.2) is 4.57 Å². The fourth-order valence-electron chi connectivity index (χ4n) is 2.23. The van der Waals surface area contributed by atoms with Gasteiger partial charge in [0.2, 0.25) is 5.69 Å². The fraction of sp³-hybridized carbons (Fsp3) is 0.353. The van der Waals surface area contributed by atoms with Crippen LogP contribution in [0.1, 0.15) is 37.3 Å². The van der Waals surface area contributed by atoms with Gasteiger partial charge in [0.05, 0.1) is 0 Å². The van der Waals surface area contributed by atoms with Crippen molar-refractivity contribution in [1.82, 2.24) is 0 Å². The van der Waals surface area contributed by atoms with E-state index in [0.717, 1.165) is 27.9 Å². The maximum absolute atomic E-state index is 7.50. The van der Waals surface area contributed by atoms with Gasteiger partial charge in [0, 0.05) is 25.4 Å². The van der Waals surface area contributed by atoms with Crippen LogP contribution in [-0.4, -0.2) is 0 Å². The van der Waals surface area contributed by atoms with Gasteiger partial charge in [0.15, 0.2) is 6.20 Å². The summed E-state index contributed by atoms with van der Waals surface area (Å²) in [5.74, 6) is 0. The average Bonchev–Trinajstić information content (AvgIpc) is 2.40. The van der Waals surface area contributed by atoms with Crippen LogP contribution < -0.4 is 4.57 Å². The zero-order chi connectivity index (χ0) is 18.3. The minimum Gasteiger partial charge on any atom is -0.201 e. The van der Waals surface area contributed by atoms with Crippen LogP contribution in [0, 0.1) is 20.7 Å². The molecular weight excluding hydrogens is 218 g/mol. The Morgan fingerprint density at radius 2 is 2.00 bits per heavy atom. The lowest BCUT2D eigenvalue weighted by atomic mass is 9.96. The lowest BCUT2D eigenvalue weighted by Crippen LogP contribution is -2.31. The van der Waals surface area contributed by atoms with E-state index in [1.54, 1.807) is 22.9 Å². The summed E-state index contributed by atoms with van der Waals surface area (Å²) in [7, 11) is 1.82. The smallest absolute Gasteiger partial charge is 0.201 e. The second-order valence-electron chi connectivity index (χ2n) is 4.68. The molecule has 2 aromatic rings. The molecule has 2 rings (SSSR count). The molecule has 1 aromatic heterocycles. The number of nitrogens with zero attached hydrogens (tertiary/aromatic N) is 1. The van der Waals surface area contributed by atoms with Crippen molar-refractivity contribution in [2.75, 3.05) is 0 Å². The summed E-state index contributed by atoms with van der Waals surface area (Å²) in [6.45, 7) is -0.286. The summed E-state index contributed by atoms with van der Waals surface area (Å²) in [5, 5.41) is 0. The third-order valence-electron chi connectivity index (χ3n) is 3.28. The number of benzene rings is 1. The molecule has 0 fully saturated rings. The Labute approximate surface area is 119 Å². The second kappa shape index (κ2) is 4.93. The lowest BCUT2D eigenvalue weighted by Gasteiger charge is -2.10. The van der Waals surface area contributed by atoms with Gasteiger partial charge in [-0.1, -0.05) is 12.9 Å². The lowest BCUT2D eigenvalue weighted by molar-refractivity contribution is -0.660. The first-order valence-electron chi connectivity index (χ1n) is 8.99. The van der Waals surface area contributed by atoms with Crippen molar-refractivity contribution in [2.24, 2.45) is 7.05 Å². The van der Waals surface area contributed by atoms with Crippen molar-refractivity contribution in [3.8, 4) is 11.3 Å². The SMILES string of the molecule is [2H]C([2H])([2H])Cc1cc(C)c(-c2ccc(C([2H])([2H])[2H])c[n+]2C)cc1C. The molecule has 1 nitrogen and oxygen atoms in total. The van der Waals surface area contributed by atoms with Gasteiger partial charge in [0.25, 0.3) is 0 Å². The fourth-order valence-corrected chi connectivity index (χ4v) is 2.23. The molecule has 18 heavy (non-hydrogen) atoms. The maximum atomic E-state index is 7.50. The molecule has 0 atom stereocenters. The maximum Gasteiger partial charge on any atom is 0.212 e. The molecule has 0 amide bonds. The minimum atomic E-state index is -2.13. The Hall–Kier alpha value is -1.63. The molecule has 94 valence electrons. The summed E-state index contributed by atoms with van der Waals surface area (Å²) in [6, 6.07) is 7.30. The Morgan fingerprint density at radius 3 is 2.67 bits per heavy atom. The van der Waals surface area contributed by atoms with Crippen molar-refractivity contribution in [3.63, 3.8) is 0 Å². The van der Waals surface area contributed by atoms with E-state index in [9.17, 15) is 0 Å². The van der Waals surface area contributed by atoms with E-state index in [2.05, 4.69) is 0 Å². The Balaban J connectivity index is 2.49. The summed E-state index contributed by atoms with van der Waals surface area (Å²) in [6.07, 6.45) is 1.66. The molecule has 1 aromatic carbocycles. The number of aryl methyl sites for hydroxylation is 5. The Morgan fingerprint density at radius 1 is 1.17 bits per heavy atom. The molecule has 0 saturated heterocycles. The third-order valence-corrected chi connectivity index (χ3v) is 3.28. The van der Waals surface area contributed by atoms with E-state index in [4.69, 9.17) is 8.22 Å². The molecule has 0 aliphatic rings. The van der Waals surface area contributed by atoms with E-state index < -0.39 is 13.7 Å². The van der Waals surface area contributed by atoms with Gasteiger partial charge < -0.3 is 0 Å². The van der Waals surface area contributed by atoms with Gasteiger partial charge in [-0.2, -0.15) is 0 Å². The first-order valence-corrected chi connectivity index (χ1v) is 5.99. The monoisotopic (exact) mass is 246 g/mol. The van der Waals surface area contributed by atoms with Crippen molar-refractivity contribution < 1.29 is 12.8 Å². The molecule has 0 unspecified atom stereocenters. The highest BCUT2D eigenvalue weighted by Crippen LogP contribution is 2.24. The molecule has 0 radical (unpaired) electrons. The van der Waals surface area contributed by atoms with Crippen molar-refractivity contribution in [2.45, 2.75) is 34.0 Å². The predicted molar refractivity (Wildman–Crippen MR) is 76.6 cm³/mol. The van der Waals surface area contributed by atoms with Crippen LogP contribution >= 0.6 is 0 Å². The van der Waals surface area contributed by atoms with Crippen LogP contribution in [0.5, 0.6) is 0 Å². The van der Waals surface area contributed by atoms with Gasteiger partial charge in [-0.3, -0.25) is 0 Å². The van der Waals surface area contributed by atoms with Crippen LogP contribution in [0.25, 0.3) is 11.3 Å². The van der Waals surface area contributed by atoms with Gasteiger partial charge >= 0.3 is 0 Å². The molecule has 0 N–H and O–H groups in total. The van der Waals surface area contributed by atoms with E-state index in [1.165, 1.54) is 0 Å². The standard InChI is InChI=1S/C17H22N/c1-6-15-9-14(4)16(10-13(15)3)17-8-7-12(2)11-18(17)5/h7-11H,6H2,1-5H3/q+1/i1D3,2D3. The number of hydrogen-bond donors (Lipinski definition) is 0. The molecule has 0 aliphatic heterocycles. The first kappa shape index (κ1) is 7.08. The first-order chi connectivity index (χ1) is 10.9. The number of hydrogen-bond acceptors (Lipinski definition) is 0. The van der Waals surface area contributed by atoms with Crippen LogP contribution in [-0.2, 0) is 13.5 Å². The van der Waals surface area contributed by atoms with Gasteiger partial charge in [0.1, 0.15) is 7.05 Å². The molecule has 0 saturated carbocycles. The molecule has 1 heterocycles. The van der Waals surface area contributed by atoms with Crippen molar-refractivity contribution in [3.05, 3.63) is 52.7 Å². The van der Waals surface area contributed by atoms with Crippen LogP contribution in [0.4, 0.5) is 0 Å². The largest absolute Gasteiger partial charge is 0.212 e. The van der Waals surface area contributed by atoms with Crippen molar-refractivity contribution >= 4 is 0 Å². The quantitative estimate of drug-likeness (QED) is 0.712. The molecule has 0 spiro atoms. The van der Waals surface area contributed by atoms with E-state index in [0.29, 0.717) is 5.56 Å². The normalized spacial score (nSPS) is 17.1. The number of rotatable bonds is 2. The van der Waals surface area contributed by atoms with Crippen LogP contribution in [0.2, 0.25) is 0 Å². The Bertz CT molecular complexity index is 759. The van der Waals surface area contributed by atoms with E-state index >= 15 is 0 Å². The summed E-state index contributed by atoms with van der Waals surface area (Å²) >= 11 is 0. The molecule has 0 aliphatic carbocycles. The summed E-state index contributed by atoms with van der Waals surface area (Å²) < 4.78 is 46.6.